The number of hydrogen-bond acceptors (Lipinski definition) is 2. The average molecular weight is 339 g/mol. The maximum atomic E-state index is 12.8. The third kappa shape index (κ3) is 3.13. The van der Waals surface area contributed by atoms with Gasteiger partial charge in [0.2, 0.25) is 0 Å². The van der Waals surface area contributed by atoms with E-state index in [0.29, 0.717) is 12.4 Å². The Morgan fingerprint density at radius 3 is 2.39 bits per heavy atom. The number of rotatable bonds is 3. The van der Waals surface area contributed by atoms with Crippen LogP contribution in [0.25, 0.3) is 0 Å². The van der Waals surface area contributed by atoms with Crippen molar-refractivity contribution in [1.29, 1.82) is 0 Å². The fraction of sp³-hybridized carbons (Fsp3) is 0.125. The minimum absolute atomic E-state index is 0.0352. The van der Waals surface area contributed by atoms with Gasteiger partial charge < -0.3 is 0 Å². The minimum atomic E-state index is -4.47. The molecule has 0 aliphatic carbocycles. The van der Waals surface area contributed by atoms with Crippen molar-refractivity contribution in [3.05, 3.63) is 77.5 Å². The fourth-order valence-electron chi connectivity index (χ4n) is 2.43. The van der Waals surface area contributed by atoms with Crippen molar-refractivity contribution in [2.45, 2.75) is 12.7 Å². The maximum absolute atomic E-state index is 12.8. The first kappa shape index (κ1) is 15.7. The van der Waals surface area contributed by atoms with Crippen LogP contribution in [0.5, 0.6) is 0 Å². The molecule has 1 aliphatic heterocycles. The molecule has 0 atom stereocenters. The number of allylic oxidation sites excluding steroid dienone is 2. The van der Waals surface area contributed by atoms with Gasteiger partial charge in [-0.2, -0.15) is 13.2 Å². The molecule has 118 valence electrons. The summed E-state index contributed by atoms with van der Waals surface area (Å²) in [6, 6.07) is 6.40. The van der Waals surface area contributed by atoms with E-state index in [1.807, 2.05) is 24.5 Å². The summed E-state index contributed by atoms with van der Waals surface area (Å²) in [4.78, 5) is 8.25. The van der Waals surface area contributed by atoms with E-state index < -0.39 is 11.7 Å². The van der Waals surface area contributed by atoms with Crippen molar-refractivity contribution in [1.82, 2.24) is 14.5 Å². The topological polar surface area (TPSA) is 25.8 Å². The molecule has 0 radical (unpaired) electrons. The molecule has 7 heteroatoms. The van der Waals surface area contributed by atoms with E-state index >= 15 is 0 Å². The lowest BCUT2D eigenvalue weighted by atomic mass is 10.2. The summed E-state index contributed by atoms with van der Waals surface area (Å²) in [5.41, 5.74) is -0.0872. The highest BCUT2D eigenvalue weighted by atomic mass is 35.5. The van der Waals surface area contributed by atoms with Crippen molar-refractivity contribution in [3.63, 3.8) is 0 Å². The lowest BCUT2D eigenvalue weighted by Gasteiger charge is -2.27. The van der Waals surface area contributed by atoms with Crippen LogP contribution in [0.3, 0.4) is 0 Å². The molecule has 0 aromatic carbocycles. The fourth-order valence-corrected chi connectivity index (χ4v) is 2.75. The summed E-state index contributed by atoms with van der Waals surface area (Å²) in [5.74, 6) is 0.329. The zero-order valence-corrected chi connectivity index (χ0v) is 12.6. The monoisotopic (exact) mass is 338 g/mol. The van der Waals surface area contributed by atoms with Crippen LogP contribution in [0.4, 0.5) is 19.0 Å². The number of halogens is 4. The average Bonchev–Trinajstić information content (AvgIpc) is 2.96. The molecular weight excluding hydrogens is 327 g/mol. The van der Waals surface area contributed by atoms with E-state index in [2.05, 4.69) is 9.97 Å². The number of aromatic nitrogens is 2. The molecule has 0 saturated heterocycles. The molecule has 0 spiro atoms. The Balaban J connectivity index is 2.03. The summed E-state index contributed by atoms with van der Waals surface area (Å²) in [6.45, 7) is 0.409. The predicted octanol–water partition coefficient (Wildman–Crippen LogP) is 4.70. The highest BCUT2D eigenvalue weighted by molar-refractivity contribution is 6.32. The molecule has 2 aromatic rings. The van der Waals surface area contributed by atoms with Gasteiger partial charge >= 0.3 is 6.18 Å². The van der Waals surface area contributed by atoms with Crippen molar-refractivity contribution < 1.29 is 13.2 Å². The SMILES string of the molecule is FC(F)(F)c1cnc([N+]2(Cc3ccccn3)C=CC=C2)c(Cl)c1. The van der Waals surface area contributed by atoms with E-state index in [0.717, 1.165) is 18.0 Å². The summed E-state index contributed by atoms with van der Waals surface area (Å²) in [7, 11) is 0. The van der Waals surface area contributed by atoms with Gasteiger partial charge in [-0.05, 0) is 30.4 Å². The number of pyridine rings is 2. The standard InChI is InChI=1S/C16H12ClF3N3/c17-14-9-12(16(18,19)20)10-22-15(14)23(7-3-4-8-23)11-13-5-1-2-6-21-13/h1-10H,11H2/q+1. The van der Waals surface area contributed by atoms with Crippen molar-refractivity contribution in [3.8, 4) is 0 Å². The predicted molar refractivity (Wildman–Crippen MR) is 82.3 cm³/mol. The number of quaternary nitrogens is 1. The molecule has 1 aliphatic rings. The first-order chi connectivity index (χ1) is 10.9. The zero-order valence-electron chi connectivity index (χ0n) is 11.8. The Kier molecular flexibility index (Phi) is 3.95. The molecule has 3 rings (SSSR count). The van der Waals surface area contributed by atoms with Crippen LogP contribution in [0.1, 0.15) is 11.3 Å². The number of nitrogens with zero attached hydrogens (tertiary/aromatic N) is 3. The van der Waals surface area contributed by atoms with Crippen LogP contribution in [-0.2, 0) is 12.7 Å². The van der Waals surface area contributed by atoms with Gasteiger partial charge in [0.15, 0.2) is 0 Å². The molecule has 3 heterocycles. The van der Waals surface area contributed by atoms with Gasteiger partial charge in [0.05, 0.1) is 11.3 Å². The van der Waals surface area contributed by atoms with Crippen LogP contribution in [0.2, 0.25) is 5.02 Å². The van der Waals surface area contributed by atoms with Gasteiger partial charge in [-0.1, -0.05) is 17.7 Å². The van der Waals surface area contributed by atoms with Crippen molar-refractivity contribution in [2.24, 2.45) is 0 Å². The van der Waals surface area contributed by atoms with Crippen LogP contribution in [-0.4, -0.2) is 9.97 Å². The van der Waals surface area contributed by atoms with E-state index in [1.54, 1.807) is 24.4 Å². The normalized spacial score (nSPS) is 16.0. The molecule has 0 fully saturated rings. The first-order valence-electron chi connectivity index (χ1n) is 6.78. The zero-order chi connectivity index (χ0) is 16.5. The molecule has 2 aromatic heterocycles. The van der Waals surface area contributed by atoms with Gasteiger partial charge in [0.1, 0.15) is 24.0 Å². The van der Waals surface area contributed by atoms with Gasteiger partial charge in [-0.3, -0.25) is 4.98 Å². The third-order valence-corrected chi connectivity index (χ3v) is 3.79. The smallest absolute Gasteiger partial charge is 0.255 e. The molecular formula is C16H12ClF3N3+. The van der Waals surface area contributed by atoms with Crippen molar-refractivity contribution in [2.75, 3.05) is 0 Å². The van der Waals surface area contributed by atoms with Crippen molar-refractivity contribution >= 4 is 17.4 Å². The van der Waals surface area contributed by atoms with Gasteiger partial charge in [-0.15, -0.1) is 0 Å². The van der Waals surface area contributed by atoms with Crippen LogP contribution < -0.4 is 4.48 Å². The minimum Gasteiger partial charge on any atom is -0.255 e. The Morgan fingerprint density at radius 2 is 1.83 bits per heavy atom. The second-order valence-electron chi connectivity index (χ2n) is 5.12. The van der Waals surface area contributed by atoms with E-state index in [-0.39, 0.29) is 9.51 Å². The third-order valence-electron chi connectivity index (χ3n) is 3.51. The highest BCUT2D eigenvalue weighted by Crippen LogP contribution is 2.38. The Bertz CT molecular complexity index is 758. The van der Waals surface area contributed by atoms with E-state index in [9.17, 15) is 13.2 Å². The van der Waals surface area contributed by atoms with Crippen LogP contribution >= 0.6 is 11.6 Å². The second kappa shape index (κ2) is 5.79. The lowest BCUT2D eigenvalue weighted by Crippen LogP contribution is -2.37. The second-order valence-corrected chi connectivity index (χ2v) is 5.53. The van der Waals surface area contributed by atoms with Crippen LogP contribution in [0, 0.1) is 0 Å². The first-order valence-corrected chi connectivity index (χ1v) is 7.16. The largest absolute Gasteiger partial charge is 0.417 e. The Morgan fingerprint density at radius 1 is 1.09 bits per heavy atom. The van der Waals surface area contributed by atoms with E-state index in [1.165, 1.54) is 0 Å². The molecule has 23 heavy (non-hydrogen) atoms. The summed E-state index contributed by atoms with van der Waals surface area (Å²) < 4.78 is 38.4. The van der Waals surface area contributed by atoms with Gasteiger partial charge in [0, 0.05) is 12.4 Å². The van der Waals surface area contributed by atoms with Gasteiger partial charge in [0.25, 0.3) is 5.82 Å². The molecule has 0 saturated carbocycles. The van der Waals surface area contributed by atoms with Crippen LogP contribution in [0.15, 0.2) is 61.2 Å². The molecule has 0 unspecified atom stereocenters. The van der Waals surface area contributed by atoms with E-state index in [4.69, 9.17) is 11.6 Å². The summed E-state index contributed by atoms with van der Waals surface area (Å²) in [6.07, 6.45) is 5.23. The number of hydrogen-bond donors (Lipinski definition) is 0. The summed E-state index contributed by atoms with van der Waals surface area (Å²) in [5, 5.41) is -0.0352. The Hall–Kier alpha value is -2.18. The quantitative estimate of drug-likeness (QED) is 0.758. The molecule has 0 amide bonds. The molecule has 3 nitrogen and oxygen atoms in total. The lowest BCUT2D eigenvalue weighted by molar-refractivity contribution is -0.137. The summed E-state index contributed by atoms with van der Waals surface area (Å²) >= 11 is 6.10. The van der Waals surface area contributed by atoms with Gasteiger partial charge in [-0.25, -0.2) is 9.47 Å². The molecule has 0 N–H and O–H groups in total. The highest BCUT2D eigenvalue weighted by Gasteiger charge is 2.37. The molecule has 0 bridgehead atoms. The number of alkyl halides is 3. The maximum Gasteiger partial charge on any atom is 0.417 e. The Labute approximate surface area is 136 Å².